The molecule has 0 unspecified atom stereocenters. The summed E-state index contributed by atoms with van der Waals surface area (Å²) in [5, 5.41) is 11.1. The van der Waals surface area contributed by atoms with E-state index in [4.69, 9.17) is 4.42 Å². The van der Waals surface area contributed by atoms with Crippen LogP contribution in [0.5, 0.6) is 0 Å². The molecule has 1 aromatic carbocycles. The minimum Gasteiger partial charge on any atom is -0.441 e. The number of benzene rings is 1. The van der Waals surface area contributed by atoms with Gasteiger partial charge >= 0.3 is 6.03 Å². The van der Waals surface area contributed by atoms with Crippen LogP contribution in [-0.2, 0) is 7.05 Å². The second-order valence-corrected chi connectivity index (χ2v) is 6.41. The van der Waals surface area contributed by atoms with E-state index in [0.29, 0.717) is 36.2 Å². The first-order valence-corrected chi connectivity index (χ1v) is 8.37. The van der Waals surface area contributed by atoms with Crippen LogP contribution in [-0.4, -0.2) is 43.8 Å². The molecule has 8 heteroatoms. The van der Waals surface area contributed by atoms with Crippen molar-refractivity contribution in [3.8, 4) is 0 Å². The molecule has 3 heterocycles. The average molecular weight is 340 g/mol. The number of hydrogen-bond acceptors (Lipinski definition) is 5. The highest BCUT2D eigenvalue weighted by Crippen LogP contribution is 2.27. The first-order chi connectivity index (χ1) is 12.1. The van der Waals surface area contributed by atoms with Gasteiger partial charge in [-0.25, -0.2) is 9.78 Å². The molecule has 1 fully saturated rings. The van der Waals surface area contributed by atoms with Crippen molar-refractivity contribution in [3.63, 3.8) is 0 Å². The number of aromatic nitrogens is 4. The Morgan fingerprint density at radius 1 is 1.32 bits per heavy atom. The molecule has 130 valence electrons. The van der Waals surface area contributed by atoms with Crippen LogP contribution in [0.15, 0.2) is 28.9 Å². The Morgan fingerprint density at radius 3 is 2.84 bits per heavy atom. The fraction of sp³-hybridized carbons (Fsp3) is 0.412. The summed E-state index contributed by atoms with van der Waals surface area (Å²) in [6, 6.07) is 5.41. The molecule has 0 aliphatic carbocycles. The molecule has 1 saturated heterocycles. The Hall–Kier alpha value is -2.90. The number of carbonyl (C=O) groups is 1. The van der Waals surface area contributed by atoms with E-state index in [1.807, 2.05) is 28.6 Å². The van der Waals surface area contributed by atoms with Crippen LogP contribution < -0.4 is 5.32 Å². The maximum absolute atomic E-state index is 12.5. The van der Waals surface area contributed by atoms with E-state index in [1.165, 1.54) is 0 Å². The predicted molar refractivity (Wildman–Crippen MR) is 92.3 cm³/mol. The quantitative estimate of drug-likeness (QED) is 0.775. The van der Waals surface area contributed by atoms with Gasteiger partial charge in [0.25, 0.3) is 0 Å². The summed E-state index contributed by atoms with van der Waals surface area (Å²) in [4.78, 5) is 18.6. The van der Waals surface area contributed by atoms with E-state index < -0.39 is 0 Å². The lowest BCUT2D eigenvalue weighted by molar-refractivity contribution is 0.193. The number of likely N-dealkylation sites (tertiary alicyclic amines) is 1. The Morgan fingerprint density at radius 2 is 2.12 bits per heavy atom. The van der Waals surface area contributed by atoms with E-state index >= 15 is 0 Å². The van der Waals surface area contributed by atoms with Gasteiger partial charge in [-0.15, -0.1) is 10.2 Å². The highest BCUT2D eigenvalue weighted by Gasteiger charge is 2.26. The number of hydrogen-bond donors (Lipinski definition) is 1. The van der Waals surface area contributed by atoms with Crippen LogP contribution in [0.2, 0.25) is 0 Å². The van der Waals surface area contributed by atoms with E-state index in [0.717, 1.165) is 24.2 Å². The van der Waals surface area contributed by atoms with Gasteiger partial charge in [-0.05, 0) is 25.0 Å². The van der Waals surface area contributed by atoms with Crippen LogP contribution in [0.1, 0.15) is 30.5 Å². The monoisotopic (exact) mass is 340 g/mol. The molecule has 0 radical (unpaired) electrons. The number of oxazole rings is 1. The van der Waals surface area contributed by atoms with Gasteiger partial charge < -0.3 is 19.2 Å². The van der Waals surface area contributed by atoms with Crippen molar-refractivity contribution in [2.45, 2.75) is 25.7 Å². The number of nitrogens with one attached hydrogen (secondary N) is 1. The summed E-state index contributed by atoms with van der Waals surface area (Å²) in [7, 11) is 1.95. The molecule has 25 heavy (non-hydrogen) atoms. The summed E-state index contributed by atoms with van der Waals surface area (Å²) in [5.74, 6) is 1.96. The van der Waals surface area contributed by atoms with Gasteiger partial charge in [0, 0.05) is 44.7 Å². The third-order valence-electron chi connectivity index (χ3n) is 4.64. The van der Waals surface area contributed by atoms with Gasteiger partial charge in [-0.2, -0.15) is 0 Å². The maximum atomic E-state index is 12.5. The largest absolute Gasteiger partial charge is 0.441 e. The number of fused-ring (bicyclic) bond motifs is 1. The van der Waals surface area contributed by atoms with E-state index in [1.54, 1.807) is 19.3 Å². The topological polar surface area (TPSA) is 89.1 Å². The molecule has 8 nitrogen and oxygen atoms in total. The van der Waals surface area contributed by atoms with Crippen molar-refractivity contribution in [2.75, 3.05) is 18.4 Å². The highest BCUT2D eigenvalue weighted by molar-refractivity contribution is 5.91. The first kappa shape index (κ1) is 15.6. The number of carbonyl (C=O) groups excluding carboxylic acids is 1. The maximum Gasteiger partial charge on any atom is 0.321 e. The summed E-state index contributed by atoms with van der Waals surface area (Å²) in [6.45, 7) is 3.21. The predicted octanol–water partition coefficient (Wildman–Crippen LogP) is 2.68. The highest BCUT2D eigenvalue weighted by atomic mass is 16.3. The summed E-state index contributed by atoms with van der Waals surface area (Å²) in [5.41, 5.74) is 2.18. The van der Waals surface area contributed by atoms with Crippen molar-refractivity contribution in [3.05, 3.63) is 36.2 Å². The summed E-state index contributed by atoms with van der Waals surface area (Å²) >= 11 is 0. The lowest BCUT2D eigenvalue weighted by atomic mass is 9.96. The lowest BCUT2D eigenvalue weighted by Crippen LogP contribution is -2.40. The van der Waals surface area contributed by atoms with Gasteiger partial charge in [-0.1, -0.05) is 0 Å². The number of rotatable bonds is 2. The van der Waals surface area contributed by atoms with E-state index in [2.05, 4.69) is 20.5 Å². The number of anilines is 1. The second kappa shape index (κ2) is 6.19. The Labute approximate surface area is 144 Å². The fourth-order valence-electron chi connectivity index (χ4n) is 3.32. The molecular weight excluding hydrogens is 320 g/mol. The minimum absolute atomic E-state index is 0.0907. The minimum atomic E-state index is -0.0907. The van der Waals surface area contributed by atoms with Crippen LogP contribution in [0.25, 0.3) is 11.1 Å². The SMILES string of the molecule is Cc1nc2ccc(NC(=O)N3CCC(c4nncn4C)CC3)cc2o1. The van der Waals surface area contributed by atoms with Crippen molar-refractivity contribution in [1.29, 1.82) is 0 Å². The number of urea groups is 1. The smallest absolute Gasteiger partial charge is 0.321 e. The molecule has 0 spiro atoms. The molecule has 0 bridgehead atoms. The molecular formula is C17H20N6O2. The molecule has 2 aromatic heterocycles. The third-order valence-corrected chi connectivity index (χ3v) is 4.64. The summed E-state index contributed by atoms with van der Waals surface area (Å²) in [6.07, 6.45) is 3.50. The molecule has 0 atom stereocenters. The first-order valence-electron chi connectivity index (χ1n) is 8.37. The van der Waals surface area contributed by atoms with Crippen LogP contribution >= 0.6 is 0 Å². The van der Waals surface area contributed by atoms with Crippen molar-refractivity contribution < 1.29 is 9.21 Å². The number of aryl methyl sites for hydroxylation is 2. The van der Waals surface area contributed by atoms with Gasteiger partial charge in [0.2, 0.25) is 0 Å². The van der Waals surface area contributed by atoms with Crippen molar-refractivity contribution in [2.24, 2.45) is 7.05 Å². The molecule has 0 saturated carbocycles. The molecule has 1 N–H and O–H groups in total. The van der Waals surface area contributed by atoms with Crippen LogP contribution in [0.4, 0.5) is 10.5 Å². The van der Waals surface area contributed by atoms with Gasteiger partial charge in [-0.3, -0.25) is 0 Å². The third kappa shape index (κ3) is 3.07. The normalized spacial score (nSPS) is 15.7. The lowest BCUT2D eigenvalue weighted by Gasteiger charge is -2.31. The van der Waals surface area contributed by atoms with E-state index in [-0.39, 0.29) is 6.03 Å². The Kier molecular flexibility index (Phi) is 3.87. The van der Waals surface area contributed by atoms with Crippen LogP contribution in [0, 0.1) is 6.92 Å². The van der Waals surface area contributed by atoms with Gasteiger partial charge in [0.1, 0.15) is 17.7 Å². The standard InChI is InChI=1S/C17H20N6O2/c1-11-19-14-4-3-13(9-15(14)25-11)20-17(24)23-7-5-12(6-8-23)16-21-18-10-22(16)2/h3-4,9-10,12H,5-8H2,1-2H3,(H,20,24). The summed E-state index contributed by atoms with van der Waals surface area (Å²) < 4.78 is 7.46. The zero-order valence-electron chi connectivity index (χ0n) is 14.3. The molecule has 1 aliphatic rings. The van der Waals surface area contributed by atoms with Gasteiger partial charge in [0.05, 0.1) is 0 Å². The van der Waals surface area contributed by atoms with Gasteiger partial charge in [0.15, 0.2) is 11.5 Å². The zero-order valence-corrected chi connectivity index (χ0v) is 14.3. The molecule has 3 aromatic rings. The molecule has 1 aliphatic heterocycles. The number of nitrogens with zero attached hydrogens (tertiary/aromatic N) is 5. The molecule has 2 amide bonds. The van der Waals surface area contributed by atoms with Crippen molar-refractivity contribution >= 4 is 22.8 Å². The molecule has 4 rings (SSSR count). The van der Waals surface area contributed by atoms with Crippen molar-refractivity contribution in [1.82, 2.24) is 24.6 Å². The second-order valence-electron chi connectivity index (χ2n) is 6.41. The fourth-order valence-corrected chi connectivity index (χ4v) is 3.32. The zero-order chi connectivity index (χ0) is 17.4. The Balaban J connectivity index is 1.39. The number of piperidine rings is 1. The van der Waals surface area contributed by atoms with E-state index in [9.17, 15) is 4.79 Å². The number of amides is 2. The average Bonchev–Trinajstić information content (AvgIpc) is 3.19. The van der Waals surface area contributed by atoms with Crippen LogP contribution in [0.3, 0.4) is 0 Å². The Bertz CT molecular complexity index is 907.